The number of fused-ring (bicyclic) bond motifs is 5. The average Bonchev–Trinajstić information content (AvgIpc) is 3.39. The molecule has 4 atom stereocenters. The highest BCUT2D eigenvalue weighted by Crippen LogP contribution is 2.56. The summed E-state index contributed by atoms with van der Waals surface area (Å²) < 4.78 is 5.37. The Morgan fingerprint density at radius 2 is 1.43 bits per heavy atom. The summed E-state index contributed by atoms with van der Waals surface area (Å²) in [5.74, 6) is -0.313. The van der Waals surface area contributed by atoms with E-state index < -0.39 is 5.97 Å². The van der Waals surface area contributed by atoms with E-state index in [1.807, 2.05) is 42.5 Å². The number of likely N-dealkylation sites (tertiary alicyclic amines) is 1. The Bertz CT molecular complexity index is 909. The molecule has 1 aliphatic heterocycles. The Morgan fingerprint density at radius 1 is 0.857 bits per heavy atom. The summed E-state index contributed by atoms with van der Waals surface area (Å²) in [5.41, 5.74) is 2.10. The first kappa shape index (κ1) is 17.2. The molecule has 1 heterocycles. The zero-order valence-corrected chi connectivity index (χ0v) is 15.4. The second-order valence-electron chi connectivity index (χ2n) is 8.01. The molecule has 3 fully saturated rings. The second kappa shape index (κ2) is 6.59. The van der Waals surface area contributed by atoms with Gasteiger partial charge < -0.3 is 4.74 Å². The highest BCUT2D eigenvalue weighted by molar-refractivity contribution is 6.07. The Kier molecular flexibility index (Phi) is 4.04. The smallest absolute Gasteiger partial charge is 0.331 e. The van der Waals surface area contributed by atoms with Gasteiger partial charge in [-0.05, 0) is 54.4 Å². The summed E-state index contributed by atoms with van der Waals surface area (Å²) in [6, 6.07) is 17.1. The number of rotatable bonds is 4. The number of amides is 2. The normalized spacial score (nSPS) is 27.9. The largest absolute Gasteiger partial charge is 0.425 e. The van der Waals surface area contributed by atoms with Crippen molar-refractivity contribution in [1.82, 2.24) is 4.90 Å². The van der Waals surface area contributed by atoms with Crippen LogP contribution in [0.15, 0.2) is 54.6 Å². The van der Waals surface area contributed by atoms with Gasteiger partial charge in [0.1, 0.15) is 12.3 Å². The lowest BCUT2D eigenvalue weighted by Crippen LogP contribution is -2.38. The van der Waals surface area contributed by atoms with E-state index >= 15 is 0 Å². The predicted octanol–water partition coefficient (Wildman–Crippen LogP) is 3.29. The van der Waals surface area contributed by atoms with Crippen LogP contribution < -0.4 is 4.74 Å². The summed E-state index contributed by atoms with van der Waals surface area (Å²) in [7, 11) is 0. The van der Waals surface area contributed by atoms with E-state index in [4.69, 9.17) is 4.74 Å². The lowest BCUT2D eigenvalue weighted by atomic mass is 9.81. The van der Waals surface area contributed by atoms with E-state index in [9.17, 15) is 14.4 Å². The third-order valence-electron chi connectivity index (χ3n) is 6.50. The zero-order chi connectivity index (χ0) is 19.3. The SMILES string of the molecule is O=C(CN1C(=O)C2C3CCC(C3)C2C1=O)Oc1ccc(-c2ccccc2)cc1. The fourth-order valence-corrected chi connectivity index (χ4v) is 5.27. The van der Waals surface area contributed by atoms with Crippen molar-refractivity contribution in [2.75, 3.05) is 6.54 Å². The van der Waals surface area contributed by atoms with E-state index in [0.29, 0.717) is 17.6 Å². The van der Waals surface area contributed by atoms with Crippen LogP contribution in [0.2, 0.25) is 0 Å². The summed E-state index contributed by atoms with van der Waals surface area (Å²) in [5, 5.41) is 0. The Hall–Kier alpha value is -2.95. The molecule has 142 valence electrons. The minimum atomic E-state index is -0.582. The average molecular weight is 375 g/mol. The van der Waals surface area contributed by atoms with Gasteiger partial charge in [-0.15, -0.1) is 0 Å². The molecule has 5 rings (SSSR count). The molecule has 0 spiro atoms. The standard InChI is InChI=1S/C23H21NO4/c25-19(28-18-10-8-15(9-11-18)14-4-2-1-3-5-14)13-24-22(26)20-16-6-7-17(12-16)21(20)23(24)27/h1-5,8-11,16-17,20-21H,6-7,12-13H2. The summed E-state index contributed by atoms with van der Waals surface area (Å²) >= 11 is 0. The maximum Gasteiger partial charge on any atom is 0.331 e. The third-order valence-corrected chi connectivity index (χ3v) is 6.50. The Morgan fingerprint density at radius 3 is 2.04 bits per heavy atom. The van der Waals surface area contributed by atoms with Crippen molar-refractivity contribution in [2.24, 2.45) is 23.7 Å². The predicted molar refractivity (Wildman–Crippen MR) is 102 cm³/mol. The minimum absolute atomic E-state index is 0.182. The fraction of sp³-hybridized carbons (Fsp3) is 0.348. The van der Waals surface area contributed by atoms with Crippen LogP contribution in [0.25, 0.3) is 11.1 Å². The maximum absolute atomic E-state index is 12.7. The van der Waals surface area contributed by atoms with Gasteiger partial charge in [0.25, 0.3) is 0 Å². The van der Waals surface area contributed by atoms with Gasteiger partial charge in [-0.2, -0.15) is 0 Å². The second-order valence-corrected chi connectivity index (χ2v) is 8.01. The number of nitrogens with zero attached hydrogens (tertiary/aromatic N) is 1. The van der Waals surface area contributed by atoms with Gasteiger partial charge in [-0.3, -0.25) is 14.5 Å². The maximum atomic E-state index is 12.7. The van der Waals surface area contributed by atoms with Crippen LogP contribution in [0, 0.1) is 23.7 Å². The molecule has 2 bridgehead atoms. The summed E-state index contributed by atoms with van der Waals surface area (Å²) in [6.45, 7) is -0.301. The van der Waals surface area contributed by atoms with Gasteiger partial charge in [-0.25, -0.2) is 4.79 Å². The topological polar surface area (TPSA) is 63.7 Å². The van der Waals surface area contributed by atoms with Crippen LogP contribution in [0.3, 0.4) is 0 Å². The zero-order valence-electron chi connectivity index (χ0n) is 15.4. The Balaban J connectivity index is 1.24. The fourth-order valence-electron chi connectivity index (χ4n) is 5.27. The molecular formula is C23H21NO4. The first-order valence-corrected chi connectivity index (χ1v) is 9.83. The number of carbonyl (C=O) groups excluding carboxylic acids is 3. The van der Waals surface area contributed by atoms with Crippen LogP contribution in [-0.2, 0) is 14.4 Å². The van der Waals surface area contributed by atoms with Crippen LogP contribution in [0.1, 0.15) is 19.3 Å². The monoisotopic (exact) mass is 375 g/mol. The van der Waals surface area contributed by atoms with Crippen molar-refractivity contribution in [3.63, 3.8) is 0 Å². The van der Waals surface area contributed by atoms with Crippen molar-refractivity contribution >= 4 is 17.8 Å². The van der Waals surface area contributed by atoms with Gasteiger partial charge in [0.05, 0.1) is 11.8 Å². The molecule has 5 heteroatoms. The number of imide groups is 1. The number of carbonyl (C=O) groups is 3. The lowest BCUT2D eigenvalue weighted by molar-refractivity contribution is -0.148. The first-order chi connectivity index (χ1) is 13.6. The molecule has 5 nitrogen and oxygen atoms in total. The molecular weight excluding hydrogens is 354 g/mol. The van der Waals surface area contributed by atoms with Gasteiger partial charge >= 0.3 is 5.97 Å². The van der Waals surface area contributed by atoms with Crippen molar-refractivity contribution in [3.05, 3.63) is 54.6 Å². The highest BCUT2D eigenvalue weighted by atomic mass is 16.5. The van der Waals surface area contributed by atoms with Gasteiger partial charge in [0, 0.05) is 0 Å². The third kappa shape index (κ3) is 2.73. The molecule has 1 saturated heterocycles. The summed E-state index contributed by atoms with van der Waals surface area (Å²) in [6.07, 6.45) is 3.03. The van der Waals surface area contributed by atoms with E-state index in [2.05, 4.69) is 0 Å². The Labute approximate surface area is 163 Å². The van der Waals surface area contributed by atoms with Crippen LogP contribution in [0.4, 0.5) is 0 Å². The van der Waals surface area contributed by atoms with Crippen molar-refractivity contribution in [1.29, 1.82) is 0 Å². The van der Waals surface area contributed by atoms with E-state index in [0.717, 1.165) is 35.3 Å². The molecule has 4 unspecified atom stereocenters. The molecule has 3 aliphatic rings. The molecule has 2 aromatic carbocycles. The molecule has 0 aromatic heterocycles. The van der Waals surface area contributed by atoms with Gasteiger partial charge in [0.2, 0.25) is 11.8 Å². The first-order valence-electron chi connectivity index (χ1n) is 9.83. The molecule has 2 amide bonds. The highest BCUT2D eigenvalue weighted by Gasteiger charge is 2.61. The number of hydrogen-bond acceptors (Lipinski definition) is 4. The van der Waals surface area contributed by atoms with Crippen LogP contribution >= 0.6 is 0 Å². The van der Waals surface area contributed by atoms with E-state index in [1.54, 1.807) is 12.1 Å². The van der Waals surface area contributed by atoms with E-state index in [1.165, 1.54) is 0 Å². The number of esters is 1. The molecule has 2 saturated carbocycles. The number of benzene rings is 2. The van der Waals surface area contributed by atoms with Crippen molar-refractivity contribution < 1.29 is 19.1 Å². The van der Waals surface area contributed by atoms with E-state index in [-0.39, 0.29) is 30.2 Å². The summed E-state index contributed by atoms with van der Waals surface area (Å²) in [4.78, 5) is 38.8. The minimum Gasteiger partial charge on any atom is -0.425 e. The molecule has 2 aliphatic carbocycles. The van der Waals surface area contributed by atoms with Crippen molar-refractivity contribution in [3.8, 4) is 16.9 Å². The quantitative estimate of drug-likeness (QED) is 0.467. The molecule has 28 heavy (non-hydrogen) atoms. The van der Waals surface area contributed by atoms with Crippen LogP contribution in [-0.4, -0.2) is 29.2 Å². The van der Waals surface area contributed by atoms with Gasteiger partial charge in [0.15, 0.2) is 0 Å². The number of hydrogen-bond donors (Lipinski definition) is 0. The van der Waals surface area contributed by atoms with Gasteiger partial charge in [-0.1, -0.05) is 42.5 Å². The molecule has 2 aromatic rings. The molecule has 0 radical (unpaired) electrons. The lowest BCUT2D eigenvalue weighted by Gasteiger charge is -2.19. The molecule has 0 N–H and O–H groups in total. The van der Waals surface area contributed by atoms with Crippen LogP contribution in [0.5, 0.6) is 5.75 Å². The van der Waals surface area contributed by atoms with Crippen molar-refractivity contribution in [2.45, 2.75) is 19.3 Å². The number of ether oxygens (including phenoxy) is 1.